The third-order valence-corrected chi connectivity index (χ3v) is 7.87. The van der Waals surface area contributed by atoms with Crippen molar-refractivity contribution in [1.82, 2.24) is 24.4 Å². The molecule has 0 aliphatic carbocycles. The number of fused-ring (bicyclic) bond motifs is 1. The van der Waals surface area contributed by atoms with Crippen molar-refractivity contribution in [3.8, 4) is 34.1 Å². The third-order valence-electron chi connectivity index (χ3n) is 6.91. The number of methoxy groups -OCH3 is 1. The minimum absolute atomic E-state index is 0.0606. The van der Waals surface area contributed by atoms with Crippen LogP contribution in [0.1, 0.15) is 37.5 Å². The highest BCUT2D eigenvalue weighted by atomic mass is 32.1. The van der Waals surface area contributed by atoms with Gasteiger partial charge >= 0.3 is 0 Å². The van der Waals surface area contributed by atoms with E-state index in [0.29, 0.717) is 15.3 Å². The molecule has 7 nitrogen and oxygen atoms in total. The summed E-state index contributed by atoms with van der Waals surface area (Å²) in [4.78, 5) is 18.7. The van der Waals surface area contributed by atoms with E-state index in [2.05, 4.69) is 43.0 Å². The molecule has 3 heterocycles. The van der Waals surface area contributed by atoms with E-state index in [1.807, 2.05) is 84.5 Å². The third kappa shape index (κ3) is 4.71. The number of hydrogen-bond acceptors (Lipinski definition) is 6. The number of benzene rings is 3. The van der Waals surface area contributed by atoms with Gasteiger partial charge in [-0.1, -0.05) is 74.6 Å². The van der Waals surface area contributed by atoms with Gasteiger partial charge in [-0.15, -0.1) is 5.10 Å². The first-order valence-corrected chi connectivity index (χ1v) is 13.9. The number of aryl methyl sites for hydroxylation is 1. The van der Waals surface area contributed by atoms with Crippen molar-refractivity contribution >= 4 is 22.4 Å². The maximum atomic E-state index is 13.4. The number of ether oxygens (including phenoxy) is 1. The smallest absolute Gasteiger partial charge is 0.291 e. The number of aromatic nitrogens is 5. The zero-order valence-corrected chi connectivity index (χ0v) is 23.9. The van der Waals surface area contributed by atoms with E-state index in [0.717, 1.165) is 39.4 Å². The average Bonchev–Trinajstić information content (AvgIpc) is 3.64. The first-order chi connectivity index (χ1) is 19.2. The van der Waals surface area contributed by atoms with E-state index < -0.39 is 0 Å². The predicted octanol–water partition coefficient (Wildman–Crippen LogP) is 5.83. The van der Waals surface area contributed by atoms with Crippen molar-refractivity contribution in [2.45, 2.75) is 33.1 Å². The molecule has 0 aliphatic heterocycles. The van der Waals surface area contributed by atoms with Crippen LogP contribution < -0.4 is 14.8 Å². The SMILES string of the molecule is COc1ccc(-c2nn(-c3ccccc3)cc2/C=c2\sc3nc(-c4ccc(C(C)(C)C)cc4)nn3c2=O)cc1C. The molecule has 6 rings (SSSR count). The summed E-state index contributed by atoms with van der Waals surface area (Å²) in [5, 5.41) is 9.45. The molecule has 0 radical (unpaired) electrons. The zero-order chi connectivity index (χ0) is 28.0. The molecule has 0 saturated carbocycles. The van der Waals surface area contributed by atoms with Crippen molar-refractivity contribution in [2.75, 3.05) is 7.11 Å². The first kappa shape index (κ1) is 25.7. The molecule has 0 saturated heterocycles. The van der Waals surface area contributed by atoms with Crippen LogP contribution in [0.5, 0.6) is 5.75 Å². The van der Waals surface area contributed by atoms with E-state index in [-0.39, 0.29) is 11.0 Å². The standard InChI is InChI=1S/C32H29N5O2S/c1-20-17-22(13-16-26(20)39-5)28-23(19-36(34-28)25-9-7-6-8-10-25)18-27-30(38)37-31(40-27)33-29(35-37)21-11-14-24(15-12-21)32(2,3)4/h6-19H,1-5H3/b27-18-. The van der Waals surface area contributed by atoms with Gasteiger partial charge in [0.15, 0.2) is 5.82 Å². The van der Waals surface area contributed by atoms with Gasteiger partial charge in [0.25, 0.3) is 5.56 Å². The number of rotatable bonds is 5. The minimum atomic E-state index is -0.200. The highest BCUT2D eigenvalue weighted by Crippen LogP contribution is 2.29. The molecule has 0 unspecified atom stereocenters. The van der Waals surface area contributed by atoms with Crippen molar-refractivity contribution < 1.29 is 4.74 Å². The molecule has 0 aliphatic rings. The average molecular weight is 548 g/mol. The van der Waals surface area contributed by atoms with Crippen molar-refractivity contribution in [1.29, 1.82) is 0 Å². The maximum absolute atomic E-state index is 13.4. The maximum Gasteiger partial charge on any atom is 0.291 e. The molecular weight excluding hydrogens is 518 g/mol. The fraction of sp³-hybridized carbons (Fsp3) is 0.188. The Labute approximate surface area is 236 Å². The van der Waals surface area contributed by atoms with Gasteiger partial charge in [0.05, 0.1) is 17.3 Å². The Hall–Kier alpha value is -4.56. The Bertz CT molecular complexity index is 1950. The lowest BCUT2D eigenvalue weighted by molar-refractivity contribution is 0.412. The quantitative estimate of drug-likeness (QED) is 0.271. The molecule has 3 aromatic heterocycles. The molecule has 0 spiro atoms. The number of hydrogen-bond donors (Lipinski definition) is 0. The van der Waals surface area contributed by atoms with Crippen LogP contribution >= 0.6 is 11.3 Å². The summed E-state index contributed by atoms with van der Waals surface area (Å²) in [6.45, 7) is 8.54. The molecule has 0 N–H and O–H groups in total. The van der Waals surface area contributed by atoms with Crippen LogP contribution in [0, 0.1) is 6.92 Å². The van der Waals surface area contributed by atoms with E-state index in [1.54, 1.807) is 7.11 Å². The normalized spacial score (nSPS) is 12.4. The highest BCUT2D eigenvalue weighted by Gasteiger charge is 2.17. The Kier molecular flexibility index (Phi) is 6.35. The van der Waals surface area contributed by atoms with Crippen LogP contribution in [0.2, 0.25) is 0 Å². The van der Waals surface area contributed by atoms with Gasteiger partial charge in [-0.2, -0.15) is 14.6 Å². The molecular formula is C32H29N5O2S. The van der Waals surface area contributed by atoms with E-state index >= 15 is 0 Å². The number of para-hydroxylation sites is 1. The van der Waals surface area contributed by atoms with Gasteiger partial charge in [-0.3, -0.25) is 4.79 Å². The second-order valence-corrected chi connectivity index (χ2v) is 11.8. The molecule has 6 aromatic rings. The Morgan fingerprint density at radius 1 is 0.925 bits per heavy atom. The predicted molar refractivity (Wildman–Crippen MR) is 160 cm³/mol. The zero-order valence-electron chi connectivity index (χ0n) is 23.0. The van der Waals surface area contributed by atoms with Crippen molar-refractivity contribution in [3.05, 3.63) is 111 Å². The fourth-order valence-electron chi connectivity index (χ4n) is 4.67. The van der Waals surface area contributed by atoms with Crippen LogP contribution in [0.15, 0.2) is 83.8 Å². The minimum Gasteiger partial charge on any atom is -0.496 e. The van der Waals surface area contributed by atoms with Crippen LogP contribution in [-0.2, 0) is 5.41 Å². The summed E-state index contributed by atoms with van der Waals surface area (Å²) >= 11 is 1.32. The summed E-state index contributed by atoms with van der Waals surface area (Å²) in [6, 6.07) is 24.1. The van der Waals surface area contributed by atoms with Gasteiger partial charge in [0, 0.05) is 22.9 Å². The monoisotopic (exact) mass is 547 g/mol. The van der Waals surface area contributed by atoms with Crippen LogP contribution in [0.4, 0.5) is 0 Å². The topological polar surface area (TPSA) is 74.3 Å². The van der Waals surface area contributed by atoms with Gasteiger partial charge < -0.3 is 4.74 Å². The number of nitrogens with zero attached hydrogens (tertiary/aromatic N) is 5. The van der Waals surface area contributed by atoms with Crippen LogP contribution in [-0.4, -0.2) is 31.5 Å². The van der Waals surface area contributed by atoms with Crippen LogP contribution in [0.25, 0.3) is 39.4 Å². The highest BCUT2D eigenvalue weighted by molar-refractivity contribution is 7.15. The molecule has 0 atom stereocenters. The molecule has 200 valence electrons. The largest absolute Gasteiger partial charge is 0.496 e. The lowest BCUT2D eigenvalue weighted by Crippen LogP contribution is -2.23. The molecule has 0 fully saturated rings. The van der Waals surface area contributed by atoms with E-state index in [1.165, 1.54) is 21.4 Å². The Morgan fingerprint density at radius 2 is 1.65 bits per heavy atom. The van der Waals surface area contributed by atoms with Crippen molar-refractivity contribution in [3.63, 3.8) is 0 Å². The second-order valence-electron chi connectivity index (χ2n) is 10.8. The summed E-state index contributed by atoms with van der Waals surface area (Å²) in [5.74, 6) is 1.36. The molecule has 8 heteroatoms. The summed E-state index contributed by atoms with van der Waals surface area (Å²) in [6.07, 6.45) is 3.82. The summed E-state index contributed by atoms with van der Waals surface area (Å²) in [5.41, 5.74) is 6.45. The van der Waals surface area contributed by atoms with Gasteiger partial charge in [0.1, 0.15) is 11.4 Å². The summed E-state index contributed by atoms with van der Waals surface area (Å²) < 4.78 is 9.22. The lowest BCUT2D eigenvalue weighted by Gasteiger charge is -2.18. The van der Waals surface area contributed by atoms with Gasteiger partial charge in [-0.05, 0) is 59.9 Å². The summed E-state index contributed by atoms with van der Waals surface area (Å²) in [7, 11) is 1.66. The Balaban J connectivity index is 1.44. The lowest BCUT2D eigenvalue weighted by atomic mass is 9.87. The van der Waals surface area contributed by atoms with E-state index in [4.69, 9.17) is 9.84 Å². The second kappa shape index (κ2) is 9.88. The Morgan fingerprint density at radius 3 is 2.30 bits per heavy atom. The molecule has 40 heavy (non-hydrogen) atoms. The van der Waals surface area contributed by atoms with Gasteiger partial charge in [-0.25, -0.2) is 4.68 Å². The van der Waals surface area contributed by atoms with E-state index in [9.17, 15) is 4.79 Å². The number of thiazole rings is 1. The fourth-order valence-corrected chi connectivity index (χ4v) is 5.57. The van der Waals surface area contributed by atoms with Crippen LogP contribution in [0.3, 0.4) is 0 Å². The first-order valence-electron chi connectivity index (χ1n) is 13.0. The molecule has 3 aromatic carbocycles. The molecule has 0 bridgehead atoms. The van der Waals surface area contributed by atoms with Crippen molar-refractivity contribution in [2.24, 2.45) is 0 Å². The molecule has 0 amide bonds. The van der Waals surface area contributed by atoms with Gasteiger partial charge in [0.2, 0.25) is 4.96 Å².